The number of carbonyl (C=O) groups is 2. The van der Waals surface area contributed by atoms with E-state index in [1.165, 1.54) is 14.2 Å². The van der Waals surface area contributed by atoms with Crippen LogP contribution in [0.15, 0.2) is 36.5 Å². The molecule has 0 fully saturated rings. The molecule has 0 aliphatic carbocycles. The predicted molar refractivity (Wildman–Crippen MR) is 138 cm³/mol. The third-order valence-corrected chi connectivity index (χ3v) is 6.17. The average molecular weight is 564 g/mol. The number of ether oxygens (including phenoxy) is 2. The fourth-order valence-electron chi connectivity index (χ4n) is 3.31. The highest BCUT2D eigenvalue weighted by molar-refractivity contribution is 14.1. The van der Waals surface area contributed by atoms with Gasteiger partial charge in [-0.25, -0.2) is 9.59 Å². The van der Waals surface area contributed by atoms with E-state index >= 15 is 0 Å². The van der Waals surface area contributed by atoms with E-state index in [1.54, 1.807) is 23.0 Å². The highest BCUT2D eigenvalue weighted by Crippen LogP contribution is 2.29. The first-order valence-corrected chi connectivity index (χ1v) is 11.4. The van der Waals surface area contributed by atoms with Crippen molar-refractivity contribution in [3.63, 3.8) is 0 Å². The Kier molecular flexibility index (Phi) is 9.27. The number of anilines is 2. The van der Waals surface area contributed by atoms with Gasteiger partial charge in [-0.1, -0.05) is 13.8 Å². The van der Waals surface area contributed by atoms with Gasteiger partial charge in [-0.15, -0.1) is 0 Å². The molecule has 0 saturated carbocycles. The van der Waals surface area contributed by atoms with E-state index in [-0.39, 0.29) is 5.97 Å². The molecule has 0 atom stereocenters. The Morgan fingerprint density at radius 2 is 1.45 bits per heavy atom. The van der Waals surface area contributed by atoms with Crippen LogP contribution in [-0.4, -0.2) is 35.9 Å². The number of rotatable bonds is 5. The number of nitrogen functional groups attached to an aromatic ring is 2. The van der Waals surface area contributed by atoms with Crippen LogP contribution in [0, 0.1) is 3.57 Å². The molecule has 0 aliphatic rings. The third-order valence-electron chi connectivity index (χ3n) is 5.16. The summed E-state index contributed by atoms with van der Waals surface area (Å²) in [6.45, 7) is 4.10. The topological polar surface area (TPSA) is 122 Å². The van der Waals surface area contributed by atoms with Gasteiger partial charge in [0, 0.05) is 33.8 Å². The van der Waals surface area contributed by atoms with Crippen molar-refractivity contribution in [2.75, 3.05) is 25.7 Å². The molecule has 3 aromatic rings. The number of nitrogens with zero attached hydrogens (tertiary/aromatic N) is 2. The van der Waals surface area contributed by atoms with Crippen LogP contribution in [0.5, 0.6) is 0 Å². The maximum atomic E-state index is 11.7. The van der Waals surface area contributed by atoms with Gasteiger partial charge < -0.3 is 20.9 Å². The van der Waals surface area contributed by atoms with E-state index in [0.717, 1.165) is 38.8 Å². The van der Waals surface area contributed by atoms with Gasteiger partial charge in [0.05, 0.1) is 31.0 Å². The third kappa shape index (κ3) is 6.04. The molecule has 0 saturated heterocycles. The molecule has 33 heavy (non-hydrogen) atoms. The first-order valence-electron chi connectivity index (χ1n) is 10.3. The minimum Gasteiger partial charge on any atom is -0.465 e. The number of aryl methyl sites for hydroxylation is 3. The first-order chi connectivity index (χ1) is 15.7. The first kappa shape index (κ1) is 26.2. The van der Waals surface area contributed by atoms with Gasteiger partial charge in [0.15, 0.2) is 0 Å². The Labute approximate surface area is 207 Å². The maximum absolute atomic E-state index is 11.7. The van der Waals surface area contributed by atoms with E-state index in [4.69, 9.17) is 16.2 Å². The van der Waals surface area contributed by atoms with Crippen LogP contribution in [-0.2, 0) is 29.4 Å². The molecule has 1 heterocycles. The molecule has 0 bridgehead atoms. The van der Waals surface area contributed by atoms with Crippen LogP contribution in [0.3, 0.4) is 0 Å². The summed E-state index contributed by atoms with van der Waals surface area (Å²) in [5, 5.41) is 4.15. The smallest absolute Gasteiger partial charge is 0.339 e. The molecule has 0 radical (unpaired) electrons. The molecule has 176 valence electrons. The van der Waals surface area contributed by atoms with Gasteiger partial charge in [-0.3, -0.25) is 4.68 Å². The van der Waals surface area contributed by atoms with Gasteiger partial charge in [-0.2, -0.15) is 5.10 Å². The van der Waals surface area contributed by atoms with Crippen LogP contribution in [0.2, 0.25) is 0 Å². The largest absolute Gasteiger partial charge is 0.465 e. The second-order valence-electron chi connectivity index (χ2n) is 7.16. The normalized spacial score (nSPS) is 10.2. The summed E-state index contributed by atoms with van der Waals surface area (Å²) >= 11 is 2.19. The monoisotopic (exact) mass is 564 g/mol. The van der Waals surface area contributed by atoms with Crippen LogP contribution >= 0.6 is 22.6 Å². The van der Waals surface area contributed by atoms with Gasteiger partial charge in [-0.05, 0) is 76.9 Å². The van der Waals surface area contributed by atoms with Crippen LogP contribution < -0.4 is 11.5 Å². The van der Waals surface area contributed by atoms with E-state index in [2.05, 4.69) is 39.4 Å². The lowest BCUT2D eigenvalue weighted by molar-refractivity contribution is 0.0593. The second kappa shape index (κ2) is 11.7. The van der Waals surface area contributed by atoms with Crippen molar-refractivity contribution < 1.29 is 19.1 Å². The van der Waals surface area contributed by atoms with Gasteiger partial charge in [0.1, 0.15) is 0 Å². The number of aromatic nitrogens is 2. The number of carbonyl (C=O) groups excluding carboxylic acids is 2. The number of halogens is 1. The van der Waals surface area contributed by atoms with Crippen molar-refractivity contribution in [2.45, 2.75) is 26.7 Å². The minimum atomic E-state index is -0.427. The van der Waals surface area contributed by atoms with Crippen molar-refractivity contribution in [1.82, 2.24) is 9.78 Å². The van der Waals surface area contributed by atoms with E-state index in [9.17, 15) is 9.59 Å². The van der Waals surface area contributed by atoms with Crippen molar-refractivity contribution in [1.29, 1.82) is 0 Å². The lowest BCUT2D eigenvalue weighted by atomic mass is 9.98. The van der Waals surface area contributed by atoms with Gasteiger partial charge in [0.2, 0.25) is 0 Å². The van der Waals surface area contributed by atoms with Gasteiger partial charge >= 0.3 is 11.9 Å². The molecular formula is C24H29IN4O4. The molecule has 1 aromatic heterocycles. The van der Waals surface area contributed by atoms with Crippen LogP contribution in [0.4, 0.5) is 11.4 Å². The molecule has 0 unspecified atom stereocenters. The quantitative estimate of drug-likeness (QED) is 0.270. The predicted octanol–water partition coefficient (Wildman–Crippen LogP) is 4.24. The highest BCUT2D eigenvalue weighted by Gasteiger charge is 2.16. The molecule has 4 N–H and O–H groups in total. The number of benzene rings is 2. The maximum Gasteiger partial charge on any atom is 0.339 e. The number of hydrogen-bond donors (Lipinski definition) is 2. The van der Waals surface area contributed by atoms with Gasteiger partial charge in [0.25, 0.3) is 0 Å². The summed E-state index contributed by atoms with van der Waals surface area (Å²) in [7, 11) is 4.56. The molecular weight excluding hydrogens is 535 g/mol. The molecule has 0 aliphatic heterocycles. The molecule has 3 rings (SSSR count). The van der Waals surface area contributed by atoms with Crippen molar-refractivity contribution >= 4 is 45.9 Å². The average Bonchev–Trinajstić information content (AvgIpc) is 3.24. The van der Waals surface area contributed by atoms with Crippen LogP contribution in [0.1, 0.15) is 45.7 Å². The molecule has 2 aromatic carbocycles. The Hall–Kier alpha value is -3.08. The second-order valence-corrected chi connectivity index (χ2v) is 8.32. The Morgan fingerprint density at radius 3 is 1.91 bits per heavy atom. The van der Waals surface area contributed by atoms with Crippen molar-refractivity contribution in [3.05, 3.63) is 62.4 Å². The number of methoxy groups -OCH3 is 2. The zero-order valence-corrected chi connectivity index (χ0v) is 21.6. The lowest BCUT2D eigenvalue weighted by Gasteiger charge is -2.12. The summed E-state index contributed by atoms with van der Waals surface area (Å²) in [5.41, 5.74) is 17.5. The molecule has 8 nitrogen and oxygen atoms in total. The summed E-state index contributed by atoms with van der Waals surface area (Å²) in [4.78, 5) is 23.0. The zero-order valence-electron chi connectivity index (χ0n) is 19.4. The Morgan fingerprint density at radius 1 is 0.939 bits per heavy atom. The highest BCUT2D eigenvalue weighted by atomic mass is 127. The lowest BCUT2D eigenvalue weighted by Crippen LogP contribution is -2.08. The molecule has 0 amide bonds. The number of hydrogen-bond acceptors (Lipinski definition) is 7. The zero-order chi connectivity index (χ0) is 24.7. The summed E-state index contributed by atoms with van der Waals surface area (Å²) in [5.74, 6) is -0.813. The Balaban J connectivity index is 0.000000245. The van der Waals surface area contributed by atoms with Crippen LogP contribution in [0.25, 0.3) is 11.3 Å². The number of esters is 2. The summed E-state index contributed by atoms with van der Waals surface area (Å²) in [6.07, 6.45) is 3.46. The van der Waals surface area contributed by atoms with E-state index in [1.807, 2.05) is 32.2 Å². The fourth-order valence-corrected chi connectivity index (χ4v) is 4.16. The molecule has 0 spiro atoms. The van der Waals surface area contributed by atoms with Crippen molar-refractivity contribution in [3.8, 4) is 11.3 Å². The number of nitrogens with two attached hydrogens (primary N) is 2. The standard InChI is InChI=1S/C14H17N3O2.C10H12INO2/c1-4-9-7-12(15)11(14(18)19-3)8-10(9)13-5-6-16-17(13)2;1-3-6-4-9(12)7(5-8(6)11)10(13)14-2/h5-8H,4,15H2,1-3H3;4-5H,3,12H2,1-2H3. The SMILES string of the molecule is CCc1cc(N)c(C(=O)OC)cc1-c1ccnn1C.CCc1cc(N)c(C(=O)OC)cc1I. The van der Waals surface area contributed by atoms with E-state index < -0.39 is 5.97 Å². The fraction of sp³-hybridized carbons (Fsp3) is 0.292. The summed E-state index contributed by atoms with van der Waals surface area (Å²) < 4.78 is 12.2. The van der Waals surface area contributed by atoms with Crippen molar-refractivity contribution in [2.24, 2.45) is 7.05 Å². The molecule has 9 heteroatoms. The minimum absolute atomic E-state index is 0.385. The summed E-state index contributed by atoms with van der Waals surface area (Å²) in [6, 6.07) is 9.10. The van der Waals surface area contributed by atoms with E-state index in [0.29, 0.717) is 22.5 Å². The Bertz CT molecular complexity index is 1160.